The van der Waals surface area contributed by atoms with E-state index in [9.17, 15) is 4.79 Å². The Balaban J connectivity index is 0.00000106. The average molecular weight is 397 g/mol. The summed E-state index contributed by atoms with van der Waals surface area (Å²) in [7, 11) is 1.39. The molecule has 4 heteroatoms. The fraction of sp³-hybridized carbons (Fsp3) is 0.235. The van der Waals surface area contributed by atoms with E-state index in [1.165, 1.54) is 7.11 Å². The number of hydrogen-bond donors (Lipinski definition) is 0. The molecule has 0 saturated heterocycles. The molecule has 0 aliphatic carbocycles. The Morgan fingerprint density at radius 3 is 2.10 bits per heavy atom. The standard InChI is InChI=1S/C15H14INO2.C2H6/c1-11-7-3-5-9-13(11)17(16)14-10-6-4-8-12(14)15(18)19-2;1-2/h3-10H,1-2H3;1-2H3. The average Bonchev–Trinajstić information content (AvgIpc) is 2.56. The molecule has 0 bridgehead atoms. The van der Waals surface area contributed by atoms with E-state index >= 15 is 0 Å². The highest BCUT2D eigenvalue weighted by atomic mass is 127. The Kier molecular flexibility index (Phi) is 7.22. The van der Waals surface area contributed by atoms with Gasteiger partial charge in [-0.1, -0.05) is 44.2 Å². The molecule has 0 saturated carbocycles. The van der Waals surface area contributed by atoms with Crippen molar-refractivity contribution in [2.45, 2.75) is 20.8 Å². The van der Waals surface area contributed by atoms with E-state index in [2.05, 4.69) is 22.9 Å². The Hall–Kier alpha value is -1.56. The fourth-order valence-corrected chi connectivity index (χ4v) is 2.80. The second-order valence-corrected chi connectivity index (χ2v) is 5.04. The molecule has 0 atom stereocenters. The van der Waals surface area contributed by atoms with E-state index in [-0.39, 0.29) is 5.97 Å². The first kappa shape index (κ1) is 17.5. The van der Waals surface area contributed by atoms with Crippen molar-refractivity contribution in [3.63, 3.8) is 0 Å². The number of carbonyl (C=O) groups excluding carboxylic acids is 1. The Labute approximate surface area is 140 Å². The van der Waals surface area contributed by atoms with Crippen LogP contribution in [0.15, 0.2) is 48.5 Å². The maximum Gasteiger partial charge on any atom is 0.340 e. The van der Waals surface area contributed by atoms with Crippen LogP contribution >= 0.6 is 22.9 Å². The third-order valence-electron chi connectivity index (χ3n) is 2.85. The quantitative estimate of drug-likeness (QED) is 0.400. The van der Waals surface area contributed by atoms with Gasteiger partial charge in [0.15, 0.2) is 0 Å². The summed E-state index contributed by atoms with van der Waals surface area (Å²) < 4.78 is 6.80. The number of para-hydroxylation sites is 2. The maximum atomic E-state index is 11.8. The number of carbonyl (C=O) groups is 1. The van der Waals surface area contributed by atoms with Gasteiger partial charge in [-0.3, -0.25) is 3.11 Å². The smallest absolute Gasteiger partial charge is 0.340 e. The molecule has 2 rings (SSSR count). The lowest BCUT2D eigenvalue weighted by molar-refractivity contribution is 0.0602. The molecule has 0 radical (unpaired) electrons. The number of aryl methyl sites for hydroxylation is 1. The summed E-state index contributed by atoms with van der Waals surface area (Å²) in [5, 5.41) is 0. The third-order valence-corrected chi connectivity index (χ3v) is 3.89. The number of esters is 1. The van der Waals surface area contributed by atoms with Gasteiger partial charge in [-0.15, -0.1) is 0 Å². The van der Waals surface area contributed by atoms with Crippen molar-refractivity contribution < 1.29 is 9.53 Å². The van der Waals surface area contributed by atoms with Gasteiger partial charge in [0.1, 0.15) is 0 Å². The minimum atomic E-state index is -0.328. The van der Waals surface area contributed by atoms with Gasteiger partial charge < -0.3 is 4.74 Å². The van der Waals surface area contributed by atoms with Crippen LogP contribution in [0.3, 0.4) is 0 Å². The maximum absolute atomic E-state index is 11.8. The predicted molar refractivity (Wildman–Crippen MR) is 96.5 cm³/mol. The molecule has 0 unspecified atom stereocenters. The van der Waals surface area contributed by atoms with Crippen LogP contribution in [0, 0.1) is 6.92 Å². The number of hydrogen-bond acceptors (Lipinski definition) is 3. The molecule has 112 valence electrons. The molecule has 0 N–H and O–H groups in total. The van der Waals surface area contributed by atoms with Crippen LogP contribution < -0.4 is 3.11 Å². The number of benzene rings is 2. The lowest BCUT2D eigenvalue weighted by Gasteiger charge is -2.21. The number of methoxy groups -OCH3 is 1. The van der Waals surface area contributed by atoms with Crippen LogP contribution in [-0.4, -0.2) is 13.1 Å². The molecule has 0 aliphatic rings. The molecule has 0 heterocycles. The van der Waals surface area contributed by atoms with Crippen molar-refractivity contribution in [2.24, 2.45) is 0 Å². The molecule has 2 aromatic carbocycles. The first-order valence-corrected chi connectivity index (χ1v) is 7.80. The first-order chi connectivity index (χ1) is 10.1. The van der Waals surface area contributed by atoms with Crippen molar-refractivity contribution in [1.29, 1.82) is 0 Å². The van der Waals surface area contributed by atoms with Crippen molar-refractivity contribution in [2.75, 3.05) is 10.2 Å². The van der Waals surface area contributed by atoms with Gasteiger partial charge in [0.2, 0.25) is 0 Å². The highest BCUT2D eigenvalue weighted by molar-refractivity contribution is 14.1. The molecule has 21 heavy (non-hydrogen) atoms. The topological polar surface area (TPSA) is 29.5 Å². The molecule has 0 aliphatic heterocycles. The van der Waals surface area contributed by atoms with E-state index in [1.807, 2.05) is 66.3 Å². The predicted octanol–water partition coefficient (Wildman–Crippen LogP) is 5.30. The van der Waals surface area contributed by atoms with E-state index in [0.29, 0.717) is 5.56 Å². The van der Waals surface area contributed by atoms with Crippen LogP contribution in [0.25, 0.3) is 0 Å². The minimum Gasteiger partial charge on any atom is -0.465 e. The summed E-state index contributed by atoms with van der Waals surface area (Å²) in [4.78, 5) is 11.8. The van der Waals surface area contributed by atoms with Gasteiger partial charge in [0.05, 0.1) is 46.9 Å². The summed E-state index contributed by atoms with van der Waals surface area (Å²) in [6.07, 6.45) is 0. The lowest BCUT2D eigenvalue weighted by atomic mass is 10.1. The van der Waals surface area contributed by atoms with Crippen molar-refractivity contribution >= 4 is 40.2 Å². The lowest BCUT2D eigenvalue weighted by Crippen LogP contribution is -2.10. The Morgan fingerprint density at radius 2 is 1.52 bits per heavy atom. The molecule has 0 spiro atoms. The summed E-state index contributed by atoms with van der Waals surface area (Å²) >= 11 is 2.20. The van der Waals surface area contributed by atoms with E-state index in [1.54, 1.807) is 6.07 Å². The summed E-state index contributed by atoms with van der Waals surface area (Å²) in [6, 6.07) is 15.5. The van der Waals surface area contributed by atoms with E-state index in [0.717, 1.165) is 16.9 Å². The second-order valence-electron chi connectivity index (χ2n) is 4.08. The van der Waals surface area contributed by atoms with Crippen LogP contribution in [-0.2, 0) is 4.74 Å². The van der Waals surface area contributed by atoms with E-state index in [4.69, 9.17) is 4.74 Å². The third kappa shape index (κ3) is 4.20. The summed E-state index contributed by atoms with van der Waals surface area (Å²) in [5.41, 5.74) is 3.59. The van der Waals surface area contributed by atoms with Gasteiger partial charge in [-0.25, -0.2) is 4.79 Å². The van der Waals surface area contributed by atoms with Gasteiger partial charge in [-0.05, 0) is 30.7 Å². The van der Waals surface area contributed by atoms with Crippen molar-refractivity contribution in [3.8, 4) is 0 Å². The highest BCUT2D eigenvalue weighted by Gasteiger charge is 2.17. The molecule has 0 amide bonds. The van der Waals surface area contributed by atoms with Crippen LogP contribution in [0.2, 0.25) is 0 Å². The monoisotopic (exact) mass is 397 g/mol. The van der Waals surface area contributed by atoms with Crippen LogP contribution in [0.4, 0.5) is 11.4 Å². The number of rotatable bonds is 3. The van der Waals surface area contributed by atoms with Gasteiger partial charge in [-0.2, -0.15) is 0 Å². The van der Waals surface area contributed by atoms with Crippen LogP contribution in [0.1, 0.15) is 29.8 Å². The molecular weight excluding hydrogens is 377 g/mol. The molecule has 0 fully saturated rings. The number of nitrogens with zero attached hydrogens (tertiary/aromatic N) is 1. The van der Waals surface area contributed by atoms with Crippen LogP contribution in [0.5, 0.6) is 0 Å². The molecule has 0 aromatic heterocycles. The number of anilines is 2. The number of halogens is 1. The highest BCUT2D eigenvalue weighted by Crippen LogP contribution is 2.34. The zero-order valence-electron chi connectivity index (χ0n) is 12.8. The summed E-state index contributed by atoms with van der Waals surface area (Å²) in [6.45, 7) is 6.04. The second kappa shape index (κ2) is 8.67. The van der Waals surface area contributed by atoms with E-state index < -0.39 is 0 Å². The van der Waals surface area contributed by atoms with Crippen molar-refractivity contribution in [1.82, 2.24) is 0 Å². The van der Waals surface area contributed by atoms with Gasteiger partial charge in [0.25, 0.3) is 0 Å². The van der Waals surface area contributed by atoms with Gasteiger partial charge >= 0.3 is 5.97 Å². The molecular formula is C17H20INO2. The summed E-state index contributed by atoms with van der Waals surface area (Å²) in [5.74, 6) is -0.328. The minimum absolute atomic E-state index is 0.328. The molecule has 2 aromatic rings. The zero-order chi connectivity index (χ0) is 15.8. The first-order valence-electron chi connectivity index (χ1n) is 6.84. The zero-order valence-corrected chi connectivity index (χ0v) is 14.9. The van der Waals surface area contributed by atoms with Crippen molar-refractivity contribution in [3.05, 3.63) is 59.7 Å². The number of ether oxygens (including phenoxy) is 1. The fourth-order valence-electron chi connectivity index (χ4n) is 1.84. The normalized spacial score (nSPS) is 9.38. The Bertz CT molecular complexity index is 599. The van der Waals surface area contributed by atoms with Gasteiger partial charge in [0, 0.05) is 0 Å². The SMILES string of the molecule is CC.COC(=O)c1ccccc1N(I)c1ccccc1C. The Morgan fingerprint density at radius 1 is 1.00 bits per heavy atom. The molecule has 3 nitrogen and oxygen atoms in total. The largest absolute Gasteiger partial charge is 0.465 e.